The van der Waals surface area contributed by atoms with Crippen molar-refractivity contribution in [3.8, 4) is 5.75 Å². The maximum atomic E-state index is 11.2. The minimum Gasteiger partial charge on any atom is -0.418 e. The number of nitrogens with zero attached hydrogens (tertiary/aromatic N) is 2. The third-order valence-electron chi connectivity index (χ3n) is 1.68. The van der Waals surface area contributed by atoms with Crippen LogP contribution >= 0.6 is 0 Å². The van der Waals surface area contributed by atoms with Gasteiger partial charge in [-0.1, -0.05) is 12.1 Å². The van der Waals surface area contributed by atoms with Crippen LogP contribution in [0.4, 0.5) is 5.69 Å². The zero-order chi connectivity index (χ0) is 12.8. The van der Waals surface area contributed by atoms with Gasteiger partial charge in [-0.2, -0.15) is 0 Å². The summed E-state index contributed by atoms with van der Waals surface area (Å²) >= 11 is 0. The second-order valence-electron chi connectivity index (χ2n) is 2.94. The van der Waals surface area contributed by atoms with Crippen LogP contribution in [0.2, 0.25) is 0 Å². The number of benzene rings is 1. The lowest BCUT2D eigenvalue weighted by Crippen LogP contribution is -2.25. The fourth-order valence-corrected chi connectivity index (χ4v) is 1.01. The predicted octanol–water partition coefficient (Wildman–Crippen LogP) is -0.226. The van der Waals surface area contributed by atoms with Crippen LogP contribution in [0.25, 0.3) is 0 Å². The molecule has 0 saturated heterocycles. The molecule has 1 rings (SSSR count). The second kappa shape index (κ2) is 5.45. The molecular formula is C9H10N4O4. The van der Waals surface area contributed by atoms with E-state index in [1.54, 1.807) is 0 Å². The van der Waals surface area contributed by atoms with Crippen LogP contribution in [0.5, 0.6) is 5.75 Å². The van der Waals surface area contributed by atoms with Crippen LogP contribution in [-0.4, -0.2) is 23.4 Å². The maximum absolute atomic E-state index is 11.2. The fraction of sp³-hybridized carbons (Fsp3) is 0.111. The quantitative estimate of drug-likeness (QED) is 0.186. The molecule has 0 bridgehead atoms. The van der Waals surface area contributed by atoms with Crippen molar-refractivity contribution in [1.82, 2.24) is 0 Å². The zero-order valence-electron chi connectivity index (χ0n) is 8.70. The number of hydrogen-bond donors (Lipinski definition) is 2. The molecule has 1 aromatic rings. The smallest absolute Gasteiger partial charge is 0.333 e. The van der Waals surface area contributed by atoms with Gasteiger partial charge in [0.15, 0.2) is 5.96 Å². The summed E-state index contributed by atoms with van der Waals surface area (Å²) in [7, 11) is 0. The normalized spacial score (nSPS) is 9.41. The van der Waals surface area contributed by atoms with Crippen molar-refractivity contribution in [1.29, 1.82) is 0 Å². The average molecular weight is 238 g/mol. The Morgan fingerprint density at radius 2 is 2.06 bits per heavy atom. The molecule has 8 nitrogen and oxygen atoms in total. The van der Waals surface area contributed by atoms with Gasteiger partial charge in [-0.3, -0.25) is 10.1 Å². The number of rotatable bonds is 4. The van der Waals surface area contributed by atoms with Gasteiger partial charge in [0, 0.05) is 6.07 Å². The molecule has 0 aromatic heterocycles. The first kappa shape index (κ1) is 12.4. The van der Waals surface area contributed by atoms with Crippen molar-refractivity contribution < 1.29 is 14.5 Å². The number of nitro benzene ring substituents is 1. The molecule has 0 saturated carbocycles. The first-order valence-electron chi connectivity index (χ1n) is 4.50. The zero-order valence-corrected chi connectivity index (χ0v) is 8.70. The SMILES string of the molecule is NC(N)=NCC(=O)Oc1ccccc1[N+](=O)[O-]. The highest BCUT2D eigenvalue weighted by molar-refractivity contribution is 5.81. The molecule has 0 aliphatic carbocycles. The molecule has 90 valence electrons. The molecule has 0 spiro atoms. The minimum atomic E-state index is -0.785. The average Bonchev–Trinajstić information content (AvgIpc) is 2.27. The lowest BCUT2D eigenvalue weighted by molar-refractivity contribution is -0.385. The Balaban J connectivity index is 2.78. The van der Waals surface area contributed by atoms with Gasteiger partial charge in [-0.15, -0.1) is 0 Å². The summed E-state index contributed by atoms with van der Waals surface area (Å²) in [6.07, 6.45) is 0. The number of carbonyl (C=O) groups is 1. The third kappa shape index (κ3) is 3.78. The molecule has 0 atom stereocenters. The van der Waals surface area contributed by atoms with Crippen LogP contribution in [0.15, 0.2) is 29.3 Å². The number of hydrogen-bond acceptors (Lipinski definition) is 5. The molecule has 1 aromatic carbocycles. The van der Waals surface area contributed by atoms with Crippen molar-refractivity contribution >= 4 is 17.6 Å². The van der Waals surface area contributed by atoms with Gasteiger partial charge in [0.25, 0.3) is 0 Å². The van der Waals surface area contributed by atoms with Crippen molar-refractivity contribution in [3.63, 3.8) is 0 Å². The van der Waals surface area contributed by atoms with Crippen molar-refractivity contribution in [2.45, 2.75) is 0 Å². The van der Waals surface area contributed by atoms with Gasteiger partial charge < -0.3 is 16.2 Å². The monoisotopic (exact) mass is 238 g/mol. The summed E-state index contributed by atoms with van der Waals surface area (Å²) < 4.78 is 4.76. The van der Waals surface area contributed by atoms with E-state index in [4.69, 9.17) is 16.2 Å². The number of aliphatic imine (C=N–C) groups is 1. The minimum absolute atomic E-state index is 0.145. The molecule has 0 amide bonds. The Kier molecular flexibility index (Phi) is 3.98. The van der Waals surface area contributed by atoms with Gasteiger partial charge in [-0.25, -0.2) is 9.79 Å². The largest absolute Gasteiger partial charge is 0.418 e. The molecule has 0 aliphatic rings. The third-order valence-corrected chi connectivity index (χ3v) is 1.68. The number of para-hydroxylation sites is 2. The topological polar surface area (TPSA) is 134 Å². The summed E-state index contributed by atoms with van der Waals surface area (Å²) in [5.74, 6) is -1.19. The summed E-state index contributed by atoms with van der Waals surface area (Å²) in [6.45, 7) is -0.394. The van der Waals surface area contributed by atoms with Crippen LogP contribution in [0, 0.1) is 10.1 Å². The van der Waals surface area contributed by atoms with Crippen molar-refractivity contribution in [2.24, 2.45) is 16.5 Å². The van der Waals surface area contributed by atoms with E-state index in [2.05, 4.69) is 4.99 Å². The molecule has 0 aliphatic heterocycles. The van der Waals surface area contributed by atoms with E-state index in [0.717, 1.165) is 0 Å². The summed E-state index contributed by atoms with van der Waals surface area (Å²) in [6, 6.07) is 5.51. The standard InChI is InChI=1S/C9H10N4O4/c10-9(11)12-5-8(14)17-7-4-2-1-3-6(7)13(15)16/h1-4H,5H2,(H4,10,11,12). The summed E-state index contributed by atoms with van der Waals surface area (Å²) in [4.78, 5) is 24.6. The van der Waals surface area contributed by atoms with E-state index in [1.807, 2.05) is 0 Å². The Hall–Kier alpha value is -2.64. The first-order chi connectivity index (χ1) is 8.00. The molecule has 0 radical (unpaired) electrons. The Bertz CT molecular complexity index is 468. The van der Waals surface area contributed by atoms with E-state index in [-0.39, 0.29) is 17.4 Å². The maximum Gasteiger partial charge on any atom is 0.333 e. The predicted molar refractivity (Wildman–Crippen MR) is 59.4 cm³/mol. The Labute approximate surface area is 96.0 Å². The van der Waals surface area contributed by atoms with E-state index < -0.39 is 17.4 Å². The van der Waals surface area contributed by atoms with Gasteiger partial charge in [0.05, 0.1) is 4.92 Å². The number of nitrogens with two attached hydrogens (primary N) is 2. The number of ether oxygens (including phenoxy) is 1. The van der Waals surface area contributed by atoms with Crippen LogP contribution in [0.3, 0.4) is 0 Å². The van der Waals surface area contributed by atoms with Crippen LogP contribution in [0.1, 0.15) is 0 Å². The lowest BCUT2D eigenvalue weighted by Gasteiger charge is -2.02. The molecule has 0 fully saturated rings. The van der Waals surface area contributed by atoms with E-state index in [9.17, 15) is 14.9 Å². The lowest BCUT2D eigenvalue weighted by atomic mass is 10.3. The van der Waals surface area contributed by atoms with Gasteiger partial charge in [-0.05, 0) is 6.07 Å². The summed E-state index contributed by atoms with van der Waals surface area (Å²) in [5.41, 5.74) is 9.75. The fourth-order valence-electron chi connectivity index (χ4n) is 1.01. The Morgan fingerprint density at radius 1 is 1.41 bits per heavy atom. The highest BCUT2D eigenvalue weighted by Crippen LogP contribution is 2.25. The van der Waals surface area contributed by atoms with Crippen LogP contribution in [-0.2, 0) is 4.79 Å². The molecule has 0 heterocycles. The number of esters is 1. The highest BCUT2D eigenvalue weighted by Gasteiger charge is 2.16. The van der Waals surface area contributed by atoms with Crippen LogP contribution < -0.4 is 16.2 Å². The van der Waals surface area contributed by atoms with Gasteiger partial charge in [0.1, 0.15) is 6.54 Å². The van der Waals surface area contributed by atoms with E-state index in [0.29, 0.717) is 0 Å². The van der Waals surface area contributed by atoms with E-state index >= 15 is 0 Å². The molecule has 4 N–H and O–H groups in total. The Morgan fingerprint density at radius 3 is 2.65 bits per heavy atom. The van der Waals surface area contributed by atoms with Crippen molar-refractivity contribution in [2.75, 3.05) is 6.54 Å². The van der Waals surface area contributed by atoms with E-state index in [1.165, 1.54) is 24.3 Å². The highest BCUT2D eigenvalue weighted by atomic mass is 16.6. The number of carbonyl (C=O) groups excluding carboxylic acids is 1. The van der Waals surface area contributed by atoms with Gasteiger partial charge >= 0.3 is 11.7 Å². The van der Waals surface area contributed by atoms with Crippen molar-refractivity contribution in [3.05, 3.63) is 34.4 Å². The number of guanidine groups is 1. The second-order valence-corrected chi connectivity index (χ2v) is 2.94. The molecule has 17 heavy (non-hydrogen) atoms. The molecular weight excluding hydrogens is 228 g/mol. The first-order valence-corrected chi connectivity index (χ1v) is 4.50. The molecule has 8 heteroatoms. The molecule has 0 unspecified atom stereocenters. The number of nitro groups is 1. The van der Waals surface area contributed by atoms with Gasteiger partial charge in [0.2, 0.25) is 5.75 Å². The summed E-state index contributed by atoms with van der Waals surface area (Å²) in [5, 5.41) is 10.6.